The number of carbonyl (C=O) groups excluding carboxylic acids is 1. The fourth-order valence-electron chi connectivity index (χ4n) is 6.98. The van der Waals surface area contributed by atoms with Crippen LogP contribution >= 0.6 is 0 Å². The zero-order chi connectivity index (χ0) is 29.5. The second-order valence-electron chi connectivity index (χ2n) is 11.6. The van der Waals surface area contributed by atoms with Crippen LogP contribution in [0.4, 0.5) is 5.69 Å². The number of ether oxygens (including phenoxy) is 3. The van der Waals surface area contributed by atoms with E-state index in [0.29, 0.717) is 24.7 Å². The fourth-order valence-corrected chi connectivity index (χ4v) is 6.98. The van der Waals surface area contributed by atoms with Crippen molar-refractivity contribution >= 4 is 17.6 Å². The van der Waals surface area contributed by atoms with E-state index in [-0.39, 0.29) is 25.2 Å². The Morgan fingerprint density at radius 2 is 1.67 bits per heavy atom. The molecule has 0 radical (unpaired) electrons. The molecule has 1 amide bonds. The number of carbonyl (C=O) groups is 2. The van der Waals surface area contributed by atoms with Crippen LogP contribution in [0, 0.1) is 19.8 Å². The summed E-state index contributed by atoms with van der Waals surface area (Å²) in [7, 11) is 0. The molecular weight excluding hydrogens is 532 g/mol. The molecule has 3 aromatic rings. The number of anilines is 1. The number of rotatable bonds is 8. The van der Waals surface area contributed by atoms with Gasteiger partial charge in [0.2, 0.25) is 12.7 Å². The van der Waals surface area contributed by atoms with E-state index in [4.69, 9.17) is 14.2 Å². The number of amides is 1. The van der Waals surface area contributed by atoms with Gasteiger partial charge < -0.3 is 24.6 Å². The average molecular weight is 571 g/mol. The van der Waals surface area contributed by atoms with Crippen molar-refractivity contribution < 1.29 is 28.9 Å². The van der Waals surface area contributed by atoms with Gasteiger partial charge in [-0.1, -0.05) is 43.7 Å². The molecule has 3 heterocycles. The second kappa shape index (κ2) is 11.3. The first-order valence-corrected chi connectivity index (χ1v) is 14.8. The maximum atomic E-state index is 13.7. The lowest BCUT2D eigenvalue weighted by atomic mass is 9.81. The molecule has 1 unspecified atom stereocenters. The summed E-state index contributed by atoms with van der Waals surface area (Å²) in [6, 6.07) is 13.5. The largest absolute Gasteiger partial charge is 0.493 e. The molecule has 6 rings (SSSR count). The minimum Gasteiger partial charge on any atom is -0.493 e. The quantitative estimate of drug-likeness (QED) is 0.365. The van der Waals surface area contributed by atoms with Gasteiger partial charge in [0.15, 0.2) is 11.5 Å². The number of carboxylic acid groups (broad SMARTS) is 1. The Labute approximate surface area is 246 Å². The highest BCUT2D eigenvalue weighted by molar-refractivity contribution is 5.94. The van der Waals surface area contributed by atoms with Crippen molar-refractivity contribution in [1.29, 1.82) is 0 Å². The molecular formula is C34H38N2O6. The Morgan fingerprint density at radius 3 is 2.36 bits per heavy atom. The van der Waals surface area contributed by atoms with Crippen LogP contribution in [0.1, 0.15) is 64.8 Å². The van der Waals surface area contributed by atoms with Gasteiger partial charge in [-0.3, -0.25) is 14.5 Å². The van der Waals surface area contributed by atoms with Crippen LogP contribution in [-0.4, -0.2) is 48.4 Å². The number of benzene rings is 3. The molecule has 42 heavy (non-hydrogen) atoms. The first-order chi connectivity index (χ1) is 20.3. The van der Waals surface area contributed by atoms with Crippen LogP contribution in [0.2, 0.25) is 0 Å². The highest BCUT2D eigenvalue weighted by atomic mass is 16.7. The van der Waals surface area contributed by atoms with E-state index in [2.05, 4.69) is 44.3 Å². The van der Waals surface area contributed by atoms with Gasteiger partial charge in [0.05, 0.1) is 19.1 Å². The average Bonchev–Trinajstić information content (AvgIpc) is 3.70. The monoisotopic (exact) mass is 570 g/mol. The summed E-state index contributed by atoms with van der Waals surface area (Å²) in [5.74, 6) is -0.0173. The van der Waals surface area contributed by atoms with Crippen LogP contribution in [0.5, 0.6) is 17.2 Å². The Bertz CT molecular complexity index is 1520. The number of nitrogens with one attached hydrogen (secondary N) is 1. The molecule has 2 N–H and O–H groups in total. The smallest absolute Gasteiger partial charge is 0.309 e. The van der Waals surface area contributed by atoms with Gasteiger partial charge in [0.25, 0.3) is 0 Å². The van der Waals surface area contributed by atoms with Gasteiger partial charge in [0, 0.05) is 30.6 Å². The summed E-state index contributed by atoms with van der Waals surface area (Å²) in [6.45, 7) is 9.48. The third-order valence-electron chi connectivity index (χ3n) is 8.92. The number of hydrogen-bond acceptors (Lipinski definition) is 6. The van der Waals surface area contributed by atoms with E-state index in [1.54, 1.807) is 0 Å². The van der Waals surface area contributed by atoms with E-state index in [0.717, 1.165) is 64.1 Å². The summed E-state index contributed by atoms with van der Waals surface area (Å²) in [5, 5.41) is 13.9. The number of carboxylic acids is 1. The normalized spacial score (nSPS) is 20.8. The van der Waals surface area contributed by atoms with E-state index in [1.165, 1.54) is 5.56 Å². The molecule has 220 valence electrons. The summed E-state index contributed by atoms with van der Waals surface area (Å²) in [4.78, 5) is 28.8. The molecule has 3 aliphatic rings. The van der Waals surface area contributed by atoms with Gasteiger partial charge in [0.1, 0.15) is 5.75 Å². The third-order valence-corrected chi connectivity index (χ3v) is 8.92. The molecule has 0 spiro atoms. The highest BCUT2D eigenvalue weighted by Crippen LogP contribution is 2.49. The van der Waals surface area contributed by atoms with Crippen molar-refractivity contribution in [2.75, 3.05) is 31.8 Å². The topological polar surface area (TPSA) is 97.3 Å². The lowest BCUT2D eigenvalue weighted by Crippen LogP contribution is -2.35. The number of likely N-dealkylation sites (tertiary alicyclic amines) is 1. The van der Waals surface area contributed by atoms with Crippen molar-refractivity contribution in [2.24, 2.45) is 5.92 Å². The minimum absolute atomic E-state index is 0.0717. The number of aryl methyl sites for hydroxylation is 4. The second-order valence-corrected chi connectivity index (χ2v) is 11.6. The zero-order valence-corrected chi connectivity index (χ0v) is 24.7. The number of aliphatic carboxylic acids is 1. The molecule has 3 aliphatic heterocycles. The van der Waals surface area contributed by atoms with Crippen molar-refractivity contribution in [3.8, 4) is 17.2 Å². The SMILES string of the molecule is CCc1cc(C)cc(CC)c1NC(=O)CN1C[C@H](c2cc3c(cc2C)OCO3)C(C(=O)O)[C@@H]1c1ccc2c(c1)CCO2. The number of hydrogen-bond donors (Lipinski definition) is 2. The van der Waals surface area contributed by atoms with Gasteiger partial charge in [-0.15, -0.1) is 0 Å². The molecule has 0 aromatic heterocycles. The van der Waals surface area contributed by atoms with E-state index < -0.39 is 17.9 Å². The van der Waals surface area contributed by atoms with E-state index in [1.807, 2.05) is 36.1 Å². The van der Waals surface area contributed by atoms with Crippen molar-refractivity contribution in [1.82, 2.24) is 4.90 Å². The number of nitrogens with zero attached hydrogens (tertiary/aromatic N) is 1. The summed E-state index contributed by atoms with van der Waals surface area (Å²) in [6.07, 6.45) is 2.40. The first kappa shape index (κ1) is 28.1. The Hall–Kier alpha value is -4.04. The highest BCUT2D eigenvalue weighted by Gasteiger charge is 2.48. The first-order valence-electron chi connectivity index (χ1n) is 14.8. The maximum Gasteiger partial charge on any atom is 0.309 e. The van der Waals surface area contributed by atoms with Crippen molar-refractivity contribution in [2.45, 2.75) is 58.9 Å². The predicted molar refractivity (Wildman–Crippen MR) is 160 cm³/mol. The lowest BCUT2D eigenvalue weighted by molar-refractivity contribution is -0.143. The van der Waals surface area contributed by atoms with Gasteiger partial charge in [-0.2, -0.15) is 0 Å². The Balaban J connectivity index is 1.37. The van der Waals surface area contributed by atoms with Crippen molar-refractivity contribution in [3.05, 3.63) is 81.4 Å². The van der Waals surface area contributed by atoms with Gasteiger partial charge >= 0.3 is 5.97 Å². The maximum absolute atomic E-state index is 13.7. The van der Waals surface area contributed by atoms with Crippen molar-refractivity contribution in [3.63, 3.8) is 0 Å². The summed E-state index contributed by atoms with van der Waals surface area (Å²) in [5.41, 5.74) is 8.07. The zero-order valence-electron chi connectivity index (χ0n) is 24.7. The molecule has 0 saturated carbocycles. The standard InChI is InChI=1S/C34H38N2O6/c1-5-21-11-19(3)12-22(6-2)32(21)35-30(37)17-36-16-26(25-15-29-28(13-20(25)4)41-18-42-29)31(34(38)39)33(36)24-7-8-27-23(14-24)9-10-40-27/h7-8,11-15,26,31,33H,5-6,9-10,16-18H2,1-4H3,(H,35,37)(H,38,39)/t26-,31?,33+/m1/s1. The van der Waals surface area contributed by atoms with Crippen LogP contribution in [-0.2, 0) is 28.9 Å². The minimum atomic E-state index is -0.887. The van der Waals surface area contributed by atoms with Crippen LogP contribution in [0.25, 0.3) is 0 Å². The summed E-state index contributed by atoms with van der Waals surface area (Å²) < 4.78 is 17.0. The molecule has 3 atom stereocenters. The third kappa shape index (κ3) is 5.09. The lowest BCUT2D eigenvalue weighted by Gasteiger charge is -2.27. The molecule has 3 aromatic carbocycles. The Kier molecular flexibility index (Phi) is 7.58. The molecule has 0 bridgehead atoms. The van der Waals surface area contributed by atoms with Crippen LogP contribution in [0.3, 0.4) is 0 Å². The molecule has 1 fully saturated rings. The van der Waals surface area contributed by atoms with Gasteiger partial charge in [-0.05, 0) is 78.3 Å². The van der Waals surface area contributed by atoms with Crippen LogP contribution in [0.15, 0.2) is 42.5 Å². The predicted octanol–water partition coefficient (Wildman–Crippen LogP) is 5.57. The Morgan fingerprint density at radius 1 is 0.952 bits per heavy atom. The fraction of sp³-hybridized carbons (Fsp3) is 0.412. The van der Waals surface area contributed by atoms with Crippen LogP contribution < -0.4 is 19.5 Å². The van der Waals surface area contributed by atoms with Gasteiger partial charge in [-0.25, -0.2) is 0 Å². The van der Waals surface area contributed by atoms with E-state index in [9.17, 15) is 14.7 Å². The molecule has 1 saturated heterocycles. The van der Waals surface area contributed by atoms with E-state index >= 15 is 0 Å². The molecule has 0 aliphatic carbocycles. The molecule has 8 heteroatoms. The summed E-state index contributed by atoms with van der Waals surface area (Å²) >= 11 is 0. The number of fused-ring (bicyclic) bond motifs is 2. The molecule has 8 nitrogen and oxygen atoms in total.